The fourth-order valence-electron chi connectivity index (χ4n) is 4.84. The summed E-state index contributed by atoms with van der Waals surface area (Å²) in [4.78, 5) is 39.1. The minimum Gasteiger partial charge on any atom is -0.496 e. The van der Waals surface area contributed by atoms with E-state index in [-0.39, 0.29) is 30.3 Å². The summed E-state index contributed by atoms with van der Waals surface area (Å²) in [5, 5.41) is 5.91. The fourth-order valence-corrected chi connectivity index (χ4v) is 4.84. The molecular formula is C37H42N2O7. The van der Waals surface area contributed by atoms with Gasteiger partial charge in [-0.25, -0.2) is 4.79 Å². The van der Waals surface area contributed by atoms with Crippen LogP contribution >= 0.6 is 0 Å². The monoisotopic (exact) mass is 626 g/mol. The third-order valence-corrected chi connectivity index (χ3v) is 7.37. The molecule has 3 aromatic rings. The molecule has 0 bridgehead atoms. The molecule has 3 aromatic carbocycles. The fraction of sp³-hybridized carbons (Fsp3) is 0.324. The first kappa shape index (κ1) is 33.8. The standard InChI is InChI=1S/C37H42N2O7/c1-23(2)21-45-34-20-28(37(42)44-6)14-17-31(34)39-36(41)27-13-16-30(33(19-27)46-22-25-10-8-7-9-11-25)38-35(40)26-12-15-29(24(3)4)32(18-26)43-5/h7-12,14-20,23-24,27H,13,21-22H2,1-6H3,(H,38,40)(H,39,41). The number of methoxy groups -OCH3 is 2. The van der Waals surface area contributed by atoms with Gasteiger partial charge in [-0.15, -0.1) is 0 Å². The Hall–Kier alpha value is -5.05. The van der Waals surface area contributed by atoms with Crippen LogP contribution in [0.5, 0.6) is 11.5 Å². The minimum atomic E-state index is -0.602. The second kappa shape index (κ2) is 15.8. The highest BCUT2D eigenvalue weighted by atomic mass is 16.5. The van der Waals surface area contributed by atoms with E-state index >= 15 is 0 Å². The number of benzene rings is 3. The normalized spacial score (nSPS) is 14.2. The Bertz CT molecular complexity index is 1610. The van der Waals surface area contributed by atoms with Crippen LogP contribution in [0.15, 0.2) is 90.3 Å². The molecule has 9 heteroatoms. The highest BCUT2D eigenvalue weighted by Crippen LogP contribution is 2.31. The zero-order valence-electron chi connectivity index (χ0n) is 27.2. The first-order chi connectivity index (χ1) is 22.1. The van der Waals surface area contributed by atoms with Gasteiger partial charge in [-0.3, -0.25) is 9.59 Å². The summed E-state index contributed by atoms with van der Waals surface area (Å²) in [6.45, 7) is 8.78. The number of hydrogen-bond donors (Lipinski definition) is 2. The van der Waals surface area contributed by atoms with Gasteiger partial charge in [0, 0.05) is 5.56 Å². The second-order valence-corrected chi connectivity index (χ2v) is 11.7. The lowest BCUT2D eigenvalue weighted by Crippen LogP contribution is -2.29. The number of ether oxygens (including phenoxy) is 4. The van der Waals surface area contributed by atoms with Crippen molar-refractivity contribution in [3.63, 3.8) is 0 Å². The number of allylic oxidation sites excluding steroid dienone is 1. The Kier molecular flexibility index (Phi) is 11.6. The van der Waals surface area contributed by atoms with Gasteiger partial charge in [-0.2, -0.15) is 0 Å². The Labute approximate surface area is 270 Å². The van der Waals surface area contributed by atoms with Gasteiger partial charge in [0.1, 0.15) is 23.9 Å². The lowest BCUT2D eigenvalue weighted by Gasteiger charge is -2.23. The number of esters is 1. The molecule has 0 radical (unpaired) electrons. The second-order valence-electron chi connectivity index (χ2n) is 11.7. The highest BCUT2D eigenvalue weighted by Gasteiger charge is 2.26. The van der Waals surface area contributed by atoms with Crippen LogP contribution in [0, 0.1) is 11.8 Å². The summed E-state index contributed by atoms with van der Waals surface area (Å²) in [6.07, 6.45) is 3.82. The summed E-state index contributed by atoms with van der Waals surface area (Å²) in [5.74, 6) is 0.131. The van der Waals surface area contributed by atoms with Gasteiger partial charge < -0.3 is 29.6 Å². The van der Waals surface area contributed by atoms with Crippen LogP contribution in [0.3, 0.4) is 0 Å². The van der Waals surface area contributed by atoms with Gasteiger partial charge in [-0.1, -0.05) is 70.2 Å². The largest absolute Gasteiger partial charge is 0.496 e. The van der Waals surface area contributed by atoms with Crippen molar-refractivity contribution in [2.75, 3.05) is 26.1 Å². The predicted molar refractivity (Wildman–Crippen MR) is 177 cm³/mol. The maximum Gasteiger partial charge on any atom is 0.337 e. The van der Waals surface area contributed by atoms with Gasteiger partial charge in [-0.05, 0) is 65.8 Å². The molecule has 1 aliphatic carbocycles. The van der Waals surface area contributed by atoms with E-state index in [0.717, 1.165) is 11.1 Å². The Morgan fingerprint density at radius 2 is 1.57 bits per heavy atom. The van der Waals surface area contributed by atoms with Gasteiger partial charge in [0.2, 0.25) is 5.91 Å². The van der Waals surface area contributed by atoms with Crippen molar-refractivity contribution in [1.82, 2.24) is 5.32 Å². The van der Waals surface area contributed by atoms with Crippen molar-refractivity contribution < 1.29 is 33.3 Å². The topological polar surface area (TPSA) is 112 Å². The number of carbonyl (C=O) groups excluding carboxylic acids is 3. The van der Waals surface area contributed by atoms with Crippen molar-refractivity contribution >= 4 is 23.5 Å². The molecule has 1 unspecified atom stereocenters. The molecule has 0 saturated carbocycles. The van der Waals surface area contributed by atoms with Gasteiger partial charge in [0.05, 0.1) is 43.7 Å². The van der Waals surface area contributed by atoms with Crippen LogP contribution in [0.25, 0.3) is 0 Å². The third kappa shape index (κ3) is 8.78. The molecule has 0 heterocycles. The van der Waals surface area contributed by atoms with Crippen molar-refractivity contribution in [2.45, 2.75) is 46.6 Å². The van der Waals surface area contributed by atoms with Gasteiger partial charge in [0.25, 0.3) is 5.91 Å². The van der Waals surface area contributed by atoms with Gasteiger partial charge >= 0.3 is 5.97 Å². The Morgan fingerprint density at radius 1 is 0.848 bits per heavy atom. The van der Waals surface area contributed by atoms with Crippen molar-refractivity contribution in [3.8, 4) is 11.5 Å². The molecule has 46 heavy (non-hydrogen) atoms. The summed E-state index contributed by atoms with van der Waals surface area (Å²) in [6, 6.07) is 19.8. The Morgan fingerprint density at radius 3 is 2.24 bits per heavy atom. The summed E-state index contributed by atoms with van der Waals surface area (Å²) >= 11 is 0. The minimum absolute atomic E-state index is 0.226. The van der Waals surface area contributed by atoms with E-state index in [4.69, 9.17) is 18.9 Å². The average molecular weight is 627 g/mol. The third-order valence-electron chi connectivity index (χ3n) is 7.37. The van der Waals surface area contributed by atoms with Crippen LogP contribution in [-0.2, 0) is 20.9 Å². The molecule has 2 amide bonds. The van der Waals surface area contributed by atoms with Crippen molar-refractivity contribution in [1.29, 1.82) is 0 Å². The van der Waals surface area contributed by atoms with Crippen LogP contribution in [0.1, 0.15) is 71.9 Å². The van der Waals surface area contributed by atoms with E-state index in [2.05, 4.69) is 24.5 Å². The zero-order chi connectivity index (χ0) is 33.2. The molecule has 1 aliphatic rings. The van der Waals surface area contributed by atoms with Crippen molar-refractivity contribution in [3.05, 3.63) is 113 Å². The molecule has 242 valence electrons. The van der Waals surface area contributed by atoms with E-state index in [9.17, 15) is 14.4 Å². The lowest BCUT2D eigenvalue weighted by atomic mass is 9.96. The number of rotatable bonds is 13. The van der Waals surface area contributed by atoms with E-state index in [1.54, 1.807) is 49.6 Å². The zero-order valence-corrected chi connectivity index (χ0v) is 27.2. The number of carbonyl (C=O) groups is 3. The maximum absolute atomic E-state index is 13.6. The number of nitrogens with one attached hydrogen (secondary N) is 2. The van der Waals surface area contributed by atoms with E-state index in [1.807, 2.05) is 50.2 Å². The average Bonchev–Trinajstić information content (AvgIpc) is 3.06. The highest BCUT2D eigenvalue weighted by molar-refractivity contribution is 5.98. The maximum atomic E-state index is 13.6. The number of hydrogen-bond acceptors (Lipinski definition) is 7. The molecule has 9 nitrogen and oxygen atoms in total. The van der Waals surface area contributed by atoms with Crippen LogP contribution in [0.2, 0.25) is 0 Å². The van der Waals surface area contributed by atoms with Crippen LogP contribution in [-0.4, -0.2) is 38.6 Å². The smallest absolute Gasteiger partial charge is 0.337 e. The molecule has 0 aliphatic heterocycles. The van der Waals surface area contributed by atoms with Crippen molar-refractivity contribution in [2.24, 2.45) is 11.8 Å². The Balaban J connectivity index is 1.56. The first-order valence-corrected chi connectivity index (χ1v) is 15.3. The molecular weight excluding hydrogens is 584 g/mol. The molecule has 0 fully saturated rings. The summed E-state index contributed by atoms with van der Waals surface area (Å²) in [7, 11) is 2.89. The van der Waals surface area contributed by atoms with E-state index < -0.39 is 11.9 Å². The van der Waals surface area contributed by atoms with E-state index in [1.165, 1.54) is 7.11 Å². The van der Waals surface area contributed by atoms with Gasteiger partial charge in [0.15, 0.2) is 0 Å². The number of anilines is 1. The van der Waals surface area contributed by atoms with Crippen LogP contribution in [0.4, 0.5) is 5.69 Å². The molecule has 0 saturated heterocycles. The molecule has 2 N–H and O–H groups in total. The SMILES string of the molecule is COC(=O)c1ccc(NC(=O)C2C=C(OCc3ccccc3)C(NC(=O)c3ccc(C(C)C)c(OC)c3)=CC2)c(OCC(C)C)c1. The molecule has 1 atom stereocenters. The van der Waals surface area contributed by atoms with E-state index in [0.29, 0.717) is 52.8 Å². The molecule has 4 rings (SSSR count). The quantitative estimate of drug-likeness (QED) is 0.196. The predicted octanol–water partition coefficient (Wildman–Crippen LogP) is 7.01. The first-order valence-electron chi connectivity index (χ1n) is 15.3. The lowest BCUT2D eigenvalue weighted by molar-refractivity contribution is -0.118. The molecule has 0 aromatic heterocycles. The van der Waals surface area contributed by atoms with Crippen LogP contribution < -0.4 is 20.1 Å². The summed E-state index contributed by atoms with van der Waals surface area (Å²) in [5.41, 5.74) is 3.60. The number of amides is 2. The summed E-state index contributed by atoms with van der Waals surface area (Å²) < 4.78 is 22.5. The molecule has 0 spiro atoms.